The number of carbonyl (C=O) groups is 2. The van der Waals surface area contributed by atoms with E-state index in [4.69, 9.17) is 4.74 Å². The minimum atomic E-state index is -0.507. The van der Waals surface area contributed by atoms with Gasteiger partial charge in [0.15, 0.2) is 5.82 Å². The van der Waals surface area contributed by atoms with Crippen molar-refractivity contribution in [3.8, 4) is 11.4 Å². The highest BCUT2D eigenvalue weighted by atomic mass is 19.1. The van der Waals surface area contributed by atoms with Gasteiger partial charge in [0.2, 0.25) is 11.8 Å². The fraction of sp³-hybridized carbons (Fsp3) is 0.286. The van der Waals surface area contributed by atoms with E-state index in [0.29, 0.717) is 18.1 Å². The molecule has 1 N–H and O–H groups in total. The number of hydrogen-bond donors (Lipinski definition) is 1. The van der Waals surface area contributed by atoms with Gasteiger partial charge in [0.05, 0.1) is 24.8 Å². The lowest BCUT2D eigenvalue weighted by Gasteiger charge is -2.16. The number of nitrogens with one attached hydrogen (secondary N) is 1. The van der Waals surface area contributed by atoms with Crippen LogP contribution in [0.5, 0.6) is 5.75 Å². The van der Waals surface area contributed by atoms with Crippen molar-refractivity contribution in [3.63, 3.8) is 0 Å². The molecule has 10 heteroatoms. The van der Waals surface area contributed by atoms with Gasteiger partial charge in [-0.05, 0) is 65.9 Å². The number of anilines is 1. The average molecular weight is 424 g/mol. The van der Waals surface area contributed by atoms with Gasteiger partial charge in [0.1, 0.15) is 11.6 Å². The van der Waals surface area contributed by atoms with Crippen LogP contribution in [0.2, 0.25) is 0 Å². The van der Waals surface area contributed by atoms with E-state index in [2.05, 4.69) is 20.8 Å². The number of aromatic nitrogens is 4. The summed E-state index contributed by atoms with van der Waals surface area (Å²) in [5, 5.41) is 14.5. The van der Waals surface area contributed by atoms with Crippen molar-refractivity contribution in [2.45, 2.75) is 19.9 Å². The van der Waals surface area contributed by atoms with Crippen molar-refractivity contribution in [2.24, 2.45) is 5.92 Å². The highest BCUT2D eigenvalue weighted by Crippen LogP contribution is 2.25. The molecule has 2 aromatic carbocycles. The zero-order valence-corrected chi connectivity index (χ0v) is 16.9. The third-order valence-corrected chi connectivity index (χ3v) is 4.98. The lowest BCUT2D eigenvalue weighted by atomic mass is 10.1. The second-order valence-corrected chi connectivity index (χ2v) is 7.03. The van der Waals surface area contributed by atoms with Crippen LogP contribution in [0, 0.1) is 11.7 Å². The van der Waals surface area contributed by atoms with E-state index in [1.165, 1.54) is 33.8 Å². The minimum Gasteiger partial charge on any atom is -0.494 e. The molecular formula is C21H21FN6O3. The van der Waals surface area contributed by atoms with Crippen molar-refractivity contribution in [1.82, 2.24) is 25.5 Å². The Labute approximate surface area is 177 Å². The molecule has 0 bridgehead atoms. The normalized spacial score (nSPS) is 15.9. The molecule has 0 saturated carbocycles. The van der Waals surface area contributed by atoms with E-state index in [0.717, 1.165) is 11.4 Å². The molecule has 31 heavy (non-hydrogen) atoms. The third-order valence-electron chi connectivity index (χ3n) is 4.98. The van der Waals surface area contributed by atoms with Crippen LogP contribution >= 0.6 is 0 Å². The van der Waals surface area contributed by atoms with Crippen LogP contribution in [0.15, 0.2) is 48.5 Å². The van der Waals surface area contributed by atoms with Crippen LogP contribution in [0.3, 0.4) is 0 Å². The van der Waals surface area contributed by atoms with Crippen molar-refractivity contribution in [2.75, 3.05) is 18.1 Å². The molecule has 1 saturated heterocycles. The minimum absolute atomic E-state index is 0.0903. The summed E-state index contributed by atoms with van der Waals surface area (Å²) in [6, 6.07) is 12.9. The molecule has 1 aliphatic heterocycles. The Hall–Kier alpha value is -3.82. The Balaban J connectivity index is 1.38. The van der Waals surface area contributed by atoms with Gasteiger partial charge in [-0.3, -0.25) is 9.59 Å². The summed E-state index contributed by atoms with van der Waals surface area (Å²) in [5.41, 5.74) is 1.30. The van der Waals surface area contributed by atoms with E-state index in [1.54, 1.807) is 0 Å². The van der Waals surface area contributed by atoms with Crippen LogP contribution in [0.25, 0.3) is 5.69 Å². The number of benzene rings is 2. The van der Waals surface area contributed by atoms with Gasteiger partial charge >= 0.3 is 0 Å². The molecular weight excluding hydrogens is 403 g/mol. The molecule has 1 aromatic heterocycles. The largest absolute Gasteiger partial charge is 0.494 e. The van der Waals surface area contributed by atoms with Gasteiger partial charge in [-0.15, -0.1) is 5.10 Å². The third kappa shape index (κ3) is 4.52. The van der Waals surface area contributed by atoms with Crippen molar-refractivity contribution >= 4 is 17.5 Å². The number of hydrogen-bond acceptors (Lipinski definition) is 6. The Bertz CT molecular complexity index is 1070. The molecule has 2 heterocycles. The quantitative estimate of drug-likeness (QED) is 0.621. The van der Waals surface area contributed by atoms with Crippen LogP contribution in [0.4, 0.5) is 10.1 Å². The number of carbonyl (C=O) groups excluding carboxylic acids is 2. The lowest BCUT2D eigenvalue weighted by Crippen LogP contribution is -2.33. The summed E-state index contributed by atoms with van der Waals surface area (Å²) in [5.74, 6) is -0.129. The van der Waals surface area contributed by atoms with E-state index in [1.807, 2.05) is 31.2 Å². The van der Waals surface area contributed by atoms with Gasteiger partial charge in [-0.25, -0.2) is 4.39 Å². The number of nitrogens with zero attached hydrogens (tertiary/aromatic N) is 5. The summed E-state index contributed by atoms with van der Waals surface area (Å²) in [6.07, 6.45) is 0.0903. The first-order valence-electron chi connectivity index (χ1n) is 9.89. The predicted molar refractivity (Wildman–Crippen MR) is 109 cm³/mol. The average Bonchev–Trinajstić information content (AvgIpc) is 3.40. The first-order chi connectivity index (χ1) is 15.0. The molecule has 4 rings (SSSR count). The summed E-state index contributed by atoms with van der Waals surface area (Å²) < 4.78 is 20.1. The maximum Gasteiger partial charge on any atom is 0.227 e. The maximum absolute atomic E-state index is 13.1. The molecule has 0 radical (unpaired) electrons. The molecule has 1 aliphatic rings. The maximum atomic E-state index is 13.1. The highest BCUT2D eigenvalue weighted by molar-refractivity contribution is 6.00. The van der Waals surface area contributed by atoms with Gasteiger partial charge in [-0.2, -0.15) is 4.68 Å². The van der Waals surface area contributed by atoms with Gasteiger partial charge in [0.25, 0.3) is 0 Å². The molecule has 2 amide bonds. The zero-order valence-electron chi connectivity index (χ0n) is 16.9. The van der Waals surface area contributed by atoms with E-state index < -0.39 is 5.92 Å². The number of rotatable bonds is 7. The van der Waals surface area contributed by atoms with Crippen molar-refractivity contribution in [3.05, 3.63) is 60.2 Å². The first kappa shape index (κ1) is 20.5. The van der Waals surface area contributed by atoms with Crippen LogP contribution in [0.1, 0.15) is 19.2 Å². The van der Waals surface area contributed by atoms with Crippen molar-refractivity contribution in [1.29, 1.82) is 0 Å². The Morgan fingerprint density at radius 1 is 1.16 bits per heavy atom. The monoisotopic (exact) mass is 424 g/mol. The highest BCUT2D eigenvalue weighted by Gasteiger charge is 2.35. The number of tetrazole rings is 1. The molecule has 1 atom stereocenters. The molecule has 1 unspecified atom stereocenters. The Morgan fingerprint density at radius 2 is 1.87 bits per heavy atom. The van der Waals surface area contributed by atoms with Crippen LogP contribution in [-0.2, 0) is 16.1 Å². The summed E-state index contributed by atoms with van der Waals surface area (Å²) >= 11 is 0. The SMILES string of the molecule is CCOc1ccc(-n2nnnc2CNC(=O)C2CC(=O)N(c3ccc(F)cc3)C2)cc1. The topological polar surface area (TPSA) is 102 Å². The second kappa shape index (κ2) is 8.90. The number of halogens is 1. The Kier molecular flexibility index (Phi) is 5.87. The van der Waals surface area contributed by atoms with Gasteiger partial charge in [0, 0.05) is 18.7 Å². The predicted octanol–water partition coefficient (Wildman–Crippen LogP) is 1.87. The lowest BCUT2D eigenvalue weighted by molar-refractivity contribution is -0.126. The van der Waals surface area contributed by atoms with Gasteiger partial charge in [-0.1, -0.05) is 0 Å². The summed E-state index contributed by atoms with van der Waals surface area (Å²) in [4.78, 5) is 26.5. The smallest absolute Gasteiger partial charge is 0.227 e. The molecule has 9 nitrogen and oxygen atoms in total. The van der Waals surface area contributed by atoms with Gasteiger partial charge < -0.3 is 15.0 Å². The fourth-order valence-electron chi connectivity index (χ4n) is 3.43. The molecule has 160 valence electrons. The van der Waals surface area contributed by atoms with E-state index >= 15 is 0 Å². The first-order valence-corrected chi connectivity index (χ1v) is 9.89. The number of ether oxygens (including phenoxy) is 1. The second-order valence-electron chi connectivity index (χ2n) is 7.03. The molecule has 0 aliphatic carbocycles. The summed E-state index contributed by atoms with van der Waals surface area (Å²) in [7, 11) is 0. The van der Waals surface area contributed by atoms with Crippen LogP contribution in [-0.4, -0.2) is 45.2 Å². The molecule has 3 aromatic rings. The van der Waals surface area contributed by atoms with E-state index in [-0.39, 0.29) is 37.1 Å². The molecule has 1 fully saturated rings. The number of amides is 2. The standard InChI is InChI=1S/C21H21FN6O3/c1-2-31-18-9-7-17(8-10-18)28-19(24-25-26-28)12-23-21(30)14-11-20(29)27(13-14)16-5-3-15(22)4-6-16/h3-10,14H,2,11-13H2,1H3,(H,23,30). The van der Waals surface area contributed by atoms with Crippen molar-refractivity contribution < 1.29 is 18.7 Å². The molecule has 0 spiro atoms. The summed E-state index contributed by atoms with van der Waals surface area (Å²) in [6.45, 7) is 2.83. The van der Waals surface area contributed by atoms with E-state index in [9.17, 15) is 14.0 Å². The fourth-order valence-corrected chi connectivity index (χ4v) is 3.43. The Morgan fingerprint density at radius 3 is 2.58 bits per heavy atom. The van der Waals surface area contributed by atoms with Crippen LogP contribution < -0.4 is 15.0 Å². The zero-order chi connectivity index (χ0) is 21.8.